The lowest BCUT2D eigenvalue weighted by Gasteiger charge is -2.14. The van der Waals surface area contributed by atoms with Crippen LogP contribution in [0.4, 0.5) is 0 Å². The third-order valence-corrected chi connectivity index (χ3v) is 3.58. The number of carboxylic acids is 1. The number of benzene rings is 2. The number of carboxylic acid groups (broad SMARTS) is 1. The second-order valence-electron chi connectivity index (χ2n) is 5.20. The molecular formula is C17H17NO2. The maximum absolute atomic E-state index is 11.4. The largest absolute Gasteiger partial charge is 0.480 e. The summed E-state index contributed by atoms with van der Waals surface area (Å²) in [7, 11) is 0. The topological polar surface area (TPSA) is 49.3 Å². The molecule has 1 aliphatic carbocycles. The molecule has 3 nitrogen and oxygen atoms in total. The van der Waals surface area contributed by atoms with Gasteiger partial charge in [0.25, 0.3) is 0 Å². The fourth-order valence-electron chi connectivity index (χ4n) is 2.29. The van der Waals surface area contributed by atoms with Crippen molar-refractivity contribution in [1.29, 1.82) is 0 Å². The van der Waals surface area contributed by atoms with Crippen LogP contribution in [-0.2, 0) is 4.79 Å². The van der Waals surface area contributed by atoms with Crippen LogP contribution in [0, 0.1) is 0 Å². The number of nitrogens with one attached hydrogen (secondary N) is 1. The Morgan fingerprint density at radius 1 is 1.00 bits per heavy atom. The van der Waals surface area contributed by atoms with E-state index in [1.807, 2.05) is 54.6 Å². The summed E-state index contributed by atoms with van der Waals surface area (Å²) in [5.74, 6) is -0.815. The number of hydrogen-bond acceptors (Lipinski definition) is 2. The van der Waals surface area contributed by atoms with Gasteiger partial charge in [-0.1, -0.05) is 54.6 Å². The van der Waals surface area contributed by atoms with Crippen LogP contribution in [0.3, 0.4) is 0 Å². The van der Waals surface area contributed by atoms with Gasteiger partial charge < -0.3 is 5.11 Å². The summed E-state index contributed by atoms with van der Waals surface area (Å²) in [5.41, 5.74) is 3.05. The van der Waals surface area contributed by atoms with E-state index in [-0.39, 0.29) is 0 Å². The molecule has 0 aliphatic heterocycles. The highest BCUT2D eigenvalue weighted by atomic mass is 16.4. The van der Waals surface area contributed by atoms with Crippen LogP contribution >= 0.6 is 0 Å². The van der Waals surface area contributed by atoms with Gasteiger partial charge >= 0.3 is 5.97 Å². The summed E-state index contributed by atoms with van der Waals surface area (Å²) < 4.78 is 0. The molecule has 1 saturated carbocycles. The van der Waals surface area contributed by atoms with Gasteiger partial charge in [-0.25, -0.2) is 0 Å². The van der Waals surface area contributed by atoms with E-state index in [1.54, 1.807) is 0 Å². The minimum Gasteiger partial charge on any atom is -0.480 e. The zero-order valence-electron chi connectivity index (χ0n) is 11.1. The van der Waals surface area contributed by atoms with Crippen molar-refractivity contribution in [2.75, 3.05) is 0 Å². The third kappa shape index (κ3) is 2.89. The summed E-state index contributed by atoms with van der Waals surface area (Å²) in [6.45, 7) is 0. The van der Waals surface area contributed by atoms with Gasteiger partial charge in [0.05, 0.1) is 0 Å². The molecule has 2 aromatic carbocycles. The van der Waals surface area contributed by atoms with Gasteiger partial charge in [0.2, 0.25) is 0 Å². The molecule has 1 atom stereocenters. The Bertz CT molecular complexity index is 588. The highest BCUT2D eigenvalue weighted by Crippen LogP contribution is 2.26. The molecule has 0 saturated heterocycles. The van der Waals surface area contributed by atoms with E-state index in [0.717, 1.165) is 29.5 Å². The average molecular weight is 267 g/mol. The molecule has 2 N–H and O–H groups in total. The van der Waals surface area contributed by atoms with E-state index < -0.39 is 12.0 Å². The van der Waals surface area contributed by atoms with Crippen molar-refractivity contribution in [2.24, 2.45) is 0 Å². The van der Waals surface area contributed by atoms with E-state index in [0.29, 0.717) is 6.04 Å². The van der Waals surface area contributed by atoms with Gasteiger partial charge in [-0.05, 0) is 29.5 Å². The fraction of sp³-hybridized carbons (Fsp3) is 0.235. The normalized spacial score (nSPS) is 15.8. The Hall–Kier alpha value is -2.13. The zero-order chi connectivity index (χ0) is 13.9. The molecule has 1 unspecified atom stereocenters. The molecule has 20 heavy (non-hydrogen) atoms. The molecule has 0 radical (unpaired) electrons. The first kappa shape index (κ1) is 12.9. The van der Waals surface area contributed by atoms with Crippen molar-refractivity contribution in [3.05, 3.63) is 60.2 Å². The van der Waals surface area contributed by atoms with E-state index in [2.05, 4.69) is 5.32 Å². The second kappa shape index (κ2) is 5.47. The van der Waals surface area contributed by atoms with Crippen molar-refractivity contribution in [3.63, 3.8) is 0 Å². The Labute approximate surface area is 118 Å². The molecular weight excluding hydrogens is 250 g/mol. The summed E-state index contributed by atoms with van der Waals surface area (Å²) >= 11 is 0. The highest BCUT2D eigenvalue weighted by molar-refractivity contribution is 5.76. The minimum atomic E-state index is -0.815. The molecule has 3 rings (SSSR count). The van der Waals surface area contributed by atoms with Crippen molar-refractivity contribution in [1.82, 2.24) is 5.32 Å². The predicted molar refractivity (Wildman–Crippen MR) is 78.4 cm³/mol. The monoisotopic (exact) mass is 267 g/mol. The number of carbonyl (C=O) groups is 1. The molecule has 1 fully saturated rings. The number of aliphatic carboxylic acids is 1. The summed E-state index contributed by atoms with van der Waals surface area (Å²) in [5, 5.41) is 12.5. The second-order valence-corrected chi connectivity index (χ2v) is 5.20. The smallest absolute Gasteiger partial charge is 0.325 e. The van der Waals surface area contributed by atoms with E-state index in [9.17, 15) is 9.90 Å². The first-order valence-corrected chi connectivity index (χ1v) is 6.88. The molecule has 0 spiro atoms. The third-order valence-electron chi connectivity index (χ3n) is 3.58. The van der Waals surface area contributed by atoms with Crippen molar-refractivity contribution in [3.8, 4) is 11.1 Å². The SMILES string of the molecule is O=C(O)C(NC1CC1)c1ccc(-c2ccccc2)cc1. The van der Waals surface area contributed by atoms with Crippen LogP contribution in [0.2, 0.25) is 0 Å². The predicted octanol–water partition coefficient (Wildman–Crippen LogP) is 3.23. The van der Waals surface area contributed by atoms with E-state index in [1.165, 1.54) is 0 Å². The van der Waals surface area contributed by atoms with Gasteiger partial charge in [0, 0.05) is 6.04 Å². The maximum atomic E-state index is 11.4. The molecule has 0 heterocycles. The van der Waals surface area contributed by atoms with Crippen molar-refractivity contribution < 1.29 is 9.90 Å². The summed E-state index contributed by atoms with van der Waals surface area (Å²) in [4.78, 5) is 11.4. The standard InChI is InChI=1S/C17H17NO2/c19-17(20)16(18-15-10-11-15)14-8-6-13(7-9-14)12-4-2-1-3-5-12/h1-9,15-16,18H,10-11H2,(H,19,20). The zero-order valence-corrected chi connectivity index (χ0v) is 11.1. The highest BCUT2D eigenvalue weighted by Gasteiger charge is 2.29. The van der Waals surface area contributed by atoms with E-state index >= 15 is 0 Å². The van der Waals surface area contributed by atoms with Crippen molar-refractivity contribution in [2.45, 2.75) is 24.9 Å². The van der Waals surface area contributed by atoms with Gasteiger partial charge in [0.1, 0.15) is 6.04 Å². The first-order chi connectivity index (χ1) is 9.74. The van der Waals surface area contributed by atoms with Gasteiger partial charge in [-0.2, -0.15) is 0 Å². The minimum absolute atomic E-state index is 0.366. The molecule has 3 heteroatoms. The summed E-state index contributed by atoms with van der Waals surface area (Å²) in [6, 6.07) is 17.6. The summed E-state index contributed by atoms with van der Waals surface area (Å²) in [6.07, 6.45) is 2.15. The maximum Gasteiger partial charge on any atom is 0.325 e. The van der Waals surface area contributed by atoms with Crippen LogP contribution in [0.1, 0.15) is 24.4 Å². The molecule has 0 amide bonds. The quantitative estimate of drug-likeness (QED) is 0.874. The molecule has 102 valence electrons. The van der Waals surface area contributed by atoms with Crippen LogP contribution in [0.25, 0.3) is 11.1 Å². The van der Waals surface area contributed by atoms with Gasteiger partial charge in [0.15, 0.2) is 0 Å². The first-order valence-electron chi connectivity index (χ1n) is 6.88. The fourth-order valence-corrected chi connectivity index (χ4v) is 2.29. The lowest BCUT2D eigenvalue weighted by Crippen LogP contribution is -2.30. The van der Waals surface area contributed by atoms with Gasteiger partial charge in [-0.15, -0.1) is 0 Å². The Morgan fingerprint density at radius 2 is 1.60 bits per heavy atom. The molecule has 1 aliphatic rings. The van der Waals surface area contributed by atoms with Crippen molar-refractivity contribution >= 4 is 5.97 Å². The lowest BCUT2D eigenvalue weighted by atomic mass is 10.0. The average Bonchev–Trinajstić information content (AvgIpc) is 3.30. The van der Waals surface area contributed by atoms with Crippen LogP contribution in [0.15, 0.2) is 54.6 Å². The van der Waals surface area contributed by atoms with Crippen LogP contribution in [-0.4, -0.2) is 17.1 Å². The molecule has 2 aromatic rings. The lowest BCUT2D eigenvalue weighted by molar-refractivity contribution is -0.139. The van der Waals surface area contributed by atoms with Crippen LogP contribution < -0.4 is 5.32 Å². The number of rotatable bonds is 5. The van der Waals surface area contributed by atoms with Gasteiger partial charge in [-0.3, -0.25) is 10.1 Å². The molecule has 0 bridgehead atoms. The van der Waals surface area contributed by atoms with E-state index in [4.69, 9.17) is 0 Å². The Morgan fingerprint density at radius 3 is 2.15 bits per heavy atom. The molecule has 0 aromatic heterocycles. The Kier molecular flexibility index (Phi) is 3.52. The van der Waals surface area contributed by atoms with Crippen LogP contribution in [0.5, 0.6) is 0 Å². The Balaban J connectivity index is 1.82. The number of hydrogen-bond donors (Lipinski definition) is 2.